The predicted octanol–water partition coefficient (Wildman–Crippen LogP) is 2.73. The molecule has 0 bridgehead atoms. The number of carbonyl (C=O) groups is 2. The summed E-state index contributed by atoms with van der Waals surface area (Å²) in [6.07, 6.45) is 3.84. The largest absolute Gasteiger partial charge is 0.336 e. The molecular formula is C19H27N3O2S. The van der Waals surface area contributed by atoms with Crippen molar-refractivity contribution in [3.05, 3.63) is 29.8 Å². The molecule has 0 saturated carbocycles. The Balaban J connectivity index is 1.54. The van der Waals surface area contributed by atoms with E-state index in [1.807, 2.05) is 40.9 Å². The molecule has 2 amide bonds. The summed E-state index contributed by atoms with van der Waals surface area (Å²) >= 11 is 1.89. The first-order valence-electron chi connectivity index (χ1n) is 9.15. The van der Waals surface area contributed by atoms with Crippen LogP contribution in [-0.4, -0.2) is 53.4 Å². The molecular weight excluding hydrogens is 334 g/mol. The average molecular weight is 362 g/mol. The molecule has 3 rings (SSSR count). The second kappa shape index (κ2) is 8.72. The van der Waals surface area contributed by atoms with E-state index in [-0.39, 0.29) is 17.9 Å². The van der Waals surface area contributed by atoms with Crippen molar-refractivity contribution in [3.8, 4) is 0 Å². The first-order valence-corrected chi connectivity index (χ1v) is 10.3. The van der Waals surface area contributed by atoms with E-state index in [2.05, 4.69) is 17.6 Å². The minimum atomic E-state index is 0.0173. The molecule has 0 spiro atoms. The highest BCUT2D eigenvalue weighted by atomic mass is 32.2. The number of benzene rings is 1. The number of hydrogen-bond donors (Lipinski definition) is 2. The zero-order valence-electron chi connectivity index (χ0n) is 14.8. The maximum atomic E-state index is 12.6. The lowest BCUT2D eigenvalue weighted by molar-refractivity contribution is -0.116. The zero-order chi connectivity index (χ0) is 17.6. The monoisotopic (exact) mass is 361 g/mol. The van der Waals surface area contributed by atoms with Gasteiger partial charge in [-0.2, -0.15) is 11.8 Å². The van der Waals surface area contributed by atoms with Crippen LogP contribution in [0.15, 0.2) is 24.3 Å². The van der Waals surface area contributed by atoms with Gasteiger partial charge >= 0.3 is 0 Å². The van der Waals surface area contributed by atoms with Crippen LogP contribution in [0, 0.1) is 0 Å². The second-order valence-electron chi connectivity index (χ2n) is 6.90. The molecule has 2 unspecified atom stereocenters. The average Bonchev–Trinajstić information content (AvgIpc) is 2.63. The SMILES string of the molecule is CC1CCCCN1C(=O)c1ccc(NC(=O)CC2CSCCN2)cc1. The fraction of sp³-hybridized carbons (Fsp3) is 0.579. The van der Waals surface area contributed by atoms with E-state index < -0.39 is 0 Å². The van der Waals surface area contributed by atoms with Crippen LogP contribution in [0.2, 0.25) is 0 Å². The van der Waals surface area contributed by atoms with E-state index in [1.54, 1.807) is 0 Å². The molecule has 1 aromatic carbocycles. The highest BCUT2D eigenvalue weighted by Gasteiger charge is 2.24. The smallest absolute Gasteiger partial charge is 0.254 e. The van der Waals surface area contributed by atoms with E-state index in [0.717, 1.165) is 43.1 Å². The summed E-state index contributed by atoms with van der Waals surface area (Å²) in [7, 11) is 0. The lowest BCUT2D eigenvalue weighted by Crippen LogP contribution is -2.42. The standard InChI is InChI=1S/C19H27N3O2S/c1-14-4-2-3-10-22(14)19(24)15-5-7-16(8-6-15)21-18(23)12-17-13-25-11-9-20-17/h5-8,14,17,20H,2-4,9-13H2,1H3,(H,21,23). The molecule has 5 nitrogen and oxygen atoms in total. The van der Waals surface area contributed by atoms with Crippen LogP contribution in [0.25, 0.3) is 0 Å². The summed E-state index contributed by atoms with van der Waals surface area (Å²) in [6.45, 7) is 3.92. The fourth-order valence-electron chi connectivity index (χ4n) is 3.45. The van der Waals surface area contributed by atoms with Gasteiger partial charge in [0, 0.05) is 54.4 Å². The highest BCUT2D eigenvalue weighted by molar-refractivity contribution is 7.99. The van der Waals surface area contributed by atoms with Crippen LogP contribution >= 0.6 is 11.8 Å². The van der Waals surface area contributed by atoms with Crippen molar-refractivity contribution in [3.63, 3.8) is 0 Å². The van der Waals surface area contributed by atoms with Crippen molar-refractivity contribution in [1.29, 1.82) is 0 Å². The van der Waals surface area contributed by atoms with E-state index >= 15 is 0 Å². The van der Waals surface area contributed by atoms with Gasteiger partial charge in [0.25, 0.3) is 5.91 Å². The molecule has 2 fully saturated rings. The van der Waals surface area contributed by atoms with Crippen molar-refractivity contribution < 1.29 is 9.59 Å². The number of nitrogens with one attached hydrogen (secondary N) is 2. The Kier molecular flexibility index (Phi) is 6.37. The molecule has 0 aromatic heterocycles. The quantitative estimate of drug-likeness (QED) is 0.866. The maximum absolute atomic E-state index is 12.6. The molecule has 2 saturated heterocycles. The van der Waals surface area contributed by atoms with Gasteiger partial charge in [0.15, 0.2) is 0 Å². The van der Waals surface area contributed by atoms with Crippen LogP contribution < -0.4 is 10.6 Å². The van der Waals surface area contributed by atoms with Crippen LogP contribution in [0.5, 0.6) is 0 Å². The van der Waals surface area contributed by atoms with Gasteiger partial charge in [-0.3, -0.25) is 9.59 Å². The van der Waals surface area contributed by atoms with Gasteiger partial charge in [-0.05, 0) is 50.5 Å². The van der Waals surface area contributed by atoms with Gasteiger partial charge in [-0.25, -0.2) is 0 Å². The van der Waals surface area contributed by atoms with Gasteiger partial charge in [0.1, 0.15) is 0 Å². The number of anilines is 1. The Labute approximate surface area is 153 Å². The van der Waals surface area contributed by atoms with E-state index in [0.29, 0.717) is 18.0 Å². The lowest BCUT2D eigenvalue weighted by Gasteiger charge is -2.33. The minimum absolute atomic E-state index is 0.0173. The van der Waals surface area contributed by atoms with Crippen LogP contribution in [0.4, 0.5) is 5.69 Å². The van der Waals surface area contributed by atoms with Crippen molar-refractivity contribution >= 4 is 29.3 Å². The van der Waals surface area contributed by atoms with Gasteiger partial charge < -0.3 is 15.5 Å². The number of piperidine rings is 1. The maximum Gasteiger partial charge on any atom is 0.254 e. The number of carbonyl (C=O) groups excluding carboxylic acids is 2. The lowest BCUT2D eigenvalue weighted by atomic mass is 10.0. The third-order valence-corrected chi connectivity index (χ3v) is 6.04. The Morgan fingerprint density at radius 1 is 1.28 bits per heavy atom. The third kappa shape index (κ3) is 4.98. The number of thioether (sulfide) groups is 1. The summed E-state index contributed by atoms with van der Waals surface area (Å²) in [5.74, 6) is 2.20. The third-order valence-electron chi connectivity index (χ3n) is 4.91. The van der Waals surface area contributed by atoms with Gasteiger partial charge in [-0.15, -0.1) is 0 Å². The number of likely N-dealkylation sites (tertiary alicyclic amines) is 1. The second-order valence-corrected chi connectivity index (χ2v) is 8.05. The number of hydrogen-bond acceptors (Lipinski definition) is 4. The first kappa shape index (κ1) is 18.3. The Morgan fingerprint density at radius 3 is 2.76 bits per heavy atom. The molecule has 2 aliphatic rings. The van der Waals surface area contributed by atoms with Gasteiger partial charge in [-0.1, -0.05) is 0 Å². The zero-order valence-corrected chi connectivity index (χ0v) is 15.6. The van der Waals surface area contributed by atoms with E-state index in [1.165, 1.54) is 6.42 Å². The molecule has 6 heteroatoms. The fourth-order valence-corrected chi connectivity index (χ4v) is 4.40. The van der Waals surface area contributed by atoms with Crippen molar-refractivity contribution in [2.45, 2.75) is 44.7 Å². The minimum Gasteiger partial charge on any atom is -0.336 e. The number of amides is 2. The Bertz CT molecular complexity index is 599. The summed E-state index contributed by atoms with van der Waals surface area (Å²) in [4.78, 5) is 26.8. The molecule has 1 aromatic rings. The van der Waals surface area contributed by atoms with Crippen LogP contribution in [-0.2, 0) is 4.79 Å². The van der Waals surface area contributed by atoms with Crippen molar-refractivity contribution in [2.75, 3.05) is 29.9 Å². The van der Waals surface area contributed by atoms with E-state index in [4.69, 9.17) is 0 Å². The Morgan fingerprint density at radius 2 is 2.08 bits per heavy atom. The first-order chi connectivity index (χ1) is 12.1. The van der Waals surface area contributed by atoms with Crippen LogP contribution in [0.3, 0.4) is 0 Å². The topological polar surface area (TPSA) is 61.4 Å². The molecule has 2 aliphatic heterocycles. The summed E-state index contributed by atoms with van der Waals surface area (Å²) < 4.78 is 0. The number of rotatable bonds is 4. The number of nitrogens with zero attached hydrogens (tertiary/aromatic N) is 1. The molecule has 136 valence electrons. The highest BCUT2D eigenvalue weighted by Crippen LogP contribution is 2.20. The van der Waals surface area contributed by atoms with Crippen molar-refractivity contribution in [2.24, 2.45) is 0 Å². The predicted molar refractivity (Wildman–Crippen MR) is 103 cm³/mol. The summed E-state index contributed by atoms with van der Waals surface area (Å²) in [5, 5.41) is 6.30. The molecule has 25 heavy (non-hydrogen) atoms. The molecule has 2 N–H and O–H groups in total. The summed E-state index contributed by atoms with van der Waals surface area (Å²) in [5.41, 5.74) is 1.44. The Hall–Kier alpha value is -1.53. The molecule has 0 aliphatic carbocycles. The molecule has 2 atom stereocenters. The van der Waals surface area contributed by atoms with Gasteiger partial charge in [0.2, 0.25) is 5.91 Å². The summed E-state index contributed by atoms with van der Waals surface area (Å²) in [6, 6.07) is 7.83. The molecule has 2 heterocycles. The van der Waals surface area contributed by atoms with Gasteiger partial charge in [0.05, 0.1) is 0 Å². The van der Waals surface area contributed by atoms with E-state index in [9.17, 15) is 9.59 Å². The normalized spacial score (nSPS) is 24.0. The molecule has 0 radical (unpaired) electrons. The van der Waals surface area contributed by atoms with Crippen LogP contribution in [0.1, 0.15) is 43.0 Å². The van der Waals surface area contributed by atoms with Crippen molar-refractivity contribution in [1.82, 2.24) is 10.2 Å².